The van der Waals surface area contributed by atoms with Gasteiger partial charge in [-0.2, -0.15) is 16.6 Å². The van der Waals surface area contributed by atoms with E-state index in [9.17, 15) is 4.79 Å². The minimum atomic E-state index is 0.0943. The average molecular weight is 297 g/mol. The molecule has 1 aliphatic heterocycles. The molecule has 1 fully saturated rings. The number of carbonyl (C=O) groups is 1. The summed E-state index contributed by atoms with van der Waals surface area (Å²) in [6, 6.07) is 7.73. The molecule has 0 aromatic carbocycles. The Morgan fingerprint density at radius 2 is 2.33 bits per heavy atom. The first-order valence-corrected chi connectivity index (χ1v) is 7.85. The van der Waals surface area contributed by atoms with E-state index in [4.69, 9.17) is 5.26 Å². The predicted octanol–water partition coefficient (Wildman–Crippen LogP) is 2.61. The molecular formula is C16H15N3OS. The molecule has 5 heteroatoms. The van der Waals surface area contributed by atoms with Gasteiger partial charge in [0.2, 0.25) is 5.91 Å². The number of amides is 1. The molecule has 3 heterocycles. The Morgan fingerprint density at radius 1 is 1.43 bits per heavy atom. The van der Waals surface area contributed by atoms with Gasteiger partial charge in [0.05, 0.1) is 0 Å². The molecule has 4 nitrogen and oxygen atoms in total. The van der Waals surface area contributed by atoms with Gasteiger partial charge in [0.15, 0.2) is 0 Å². The second-order valence-corrected chi connectivity index (χ2v) is 6.02. The number of pyridine rings is 1. The van der Waals surface area contributed by atoms with Crippen molar-refractivity contribution in [3.05, 3.63) is 52.0 Å². The van der Waals surface area contributed by atoms with E-state index in [2.05, 4.69) is 16.4 Å². The fourth-order valence-corrected chi connectivity index (χ4v) is 3.38. The van der Waals surface area contributed by atoms with Crippen LogP contribution in [0.2, 0.25) is 0 Å². The predicted molar refractivity (Wildman–Crippen MR) is 80.5 cm³/mol. The van der Waals surface area contributed by atoms with E-state index in [-0.39, 0.29) is 11.8 Å². The monoisotopic (exact) mass is 297 g/mol. The zero-order chi connectivity index (χ0) is 14.7. The number of carbonyl (C=O) groups excluding carboxylic acids is 1. The fraction of sp³-hybridized carbons (Fsp3) is 0.312. The quantitative estimate of drug-likeness (QED) is 0.871. The average Bonchev–Trinajstić information content (AvgIpc) is 3.13. The summed E-state index contributed by atoms with van der Waals surface area (Å²) >= 11 is 1.67. The molecular weight excluding hydrogens is 282 g/mol. The second-order valence-electron chi connectivity index (χ2n) is 5.24. The van der Waals surface area contributed by atoms with Crippen LogP contribution in [0.4, 0.5) is 0 Å². The van der Waals surface area contributed by atoms with Crippen molar-refractivity contribution in [2.75, 3.05) is 6.54 Å². The lowest BCUT2D eigenvalue weighted by molar-refractivity contribution is -0.131. The molecule has 2 aromatic heterocycles. The minimum Gasteiger partial charge on any atom is -0.338 e. The highest BCUT2D eigenvalue weighted by Crippen LogP contribution is 2.24. The van der Waals surface area contributed by atoms with Crippen LogP contribution in [0.25, 0.3) is 0 Å². The Bertz CT molecular complexity index is 675. The SMILES string of the molecule is N#Cc1cc(CN2CC[C@H](Cc3ccsc3)C2=O)ccn1. The first-order valence-electron chi connectivity index (χ1n) is 6.91. The number of rotatable bonds is 4. The van der Waals surface area contributed by atoms with Crippen LogP contribution in [0.5, 0.6) is 0 Å². The van der Waals surface area contributed by atoms with E-state index in [1.165, 1.54) is 5.56 Å². The third-order valence-electron chi connectivity index (χ3n) is 3.78. The van der Waals surface area contributed by atoms with E-state index in [1.54, 1.807) is 23.6 Å². The maximum absolute atomic E-state index is 12.4. The van der Waals surface area contributed by atoms with E-state index in [0.717, 1.165) is 24.9 Å². The number of nitriles is 1. The van der Waals surface area contributed by atoms with Gasteiger partial charge in [0, 0.05) is 25.2 Å². The molecule has 0 N–H and O–H groups in total. The summed E-state index contributed by atoms with van der Waals surface area (Å²) in [6.45, 7) is 1.36. The molecule has 106 valence electrons. The molecule has 1 atom stereocenters. The molecule has 1 amide bonds. The first-order chi connectivity index (χ1) is 10.3. The molecule has 1 saturated heterocycles. The van der Waals surface area contributed by atoms with Gasteiger partial charge >= 0.3 is 0 Å². The maximum Gasteiger partial charge on any atom is 0.226 e. The van der Waals surface area contributed by atoms with Gasteiger partial charge in [-0.25, -0.2) is 4.98 Å². The second kappa shape index (κ2) is 6.06. The largest absolute Gasteiger partial charge is 0.338 e. The first kappa shape index (κ1) is 13.8. The third-order valence-corrected chi connectivity index (χ3v) is 4.51. The Balaban J connectivity index is 1.65. The van der Waals surface area contributed by atoms with E-state index >= 15 is 0 Å². The molecule has 0 saturated carbocycles. The van der Waals surface area contributed by atoms with Crippen LogP contribution in [0.15, 0.2) is 35.2 Å². The normalized spacial score (nSPS) is 18.0. The Kier molecular flexibility index (Phi) is 3.98. The molecule has 2 aromatic rings. The third kappa shape index (κ3) is 3.11. The lowest BCUT2D eigenvalue weighted by Gasteiger charge is -2.16. The number of nitrogens with zero attached hydrogens (tertiary/aromatic N) is 3. The van der Waals surface area contributed by atoms with Gasteiger partial charge in [-0.05, 0) is 52.9 Å². The van der Waals surface area contributed by atoms with E-state index in [1.807, 2.05) is 22.4 Å². The highest BCUT2D eigenvalue weighted by atomic mass is 32.1. The van der Waals surface area contributed by atoms with Gasteiger partial charge in [0.1, 0.15) is 11.8 Å². The van der Waals surface area contributed by atoms with Crippen molar-refractivity contribution in [2.24, 2.45) is 5.92 Å². The minimum absolute atomic E-state index is 0.0943. The van der Waals surface area contributed by atoms with Crippen molar-refractivity contribution in [2.45, 2.75) is 19.4 Å². The van der Waals surface area contributed by atoms with Crippen LogP contribution in [0, 0.1) is 17.2 Å². The van der Waals surface area contributed by atoms with Gasteiger partial charge in [-0.15, -0.1) is 0 Å². The highest BCUT2D eigenvalue weighted by Gasteiger charge is 2.31. The van der Waals surface area contributed by atoms with Gasteiger partial charge < -0.3 is 4.90 Å². The van der Waals surface area contributed by atoms with Crippen LogP contribution in [-0.4, -0.2) is 22.3 Å². The number of thiophene rings is 1. The molecule has 0 bridgehead atoms. The number of hydrogen-bond acceptors (Lipinski definition) is 4. The molecule has 0 aliphatic carbocycles. The summed E-state index contributed by atoms with van der Waals surface area (Å²) in [4.78, 5) is 18.3. The topological polar surface area (TPSA) is 57.0 Å². The zero-order valence-corrected chi connectivity index (χ0v) is 12.3. The van der Waals surface area contributed by atoms with Gasteiger partial charge in [-0.1, -0.05) is 0 Å². The summed E-state index contributed by atoms with van der Waals surface area (Å²) in [7, 11) is 0. The summed E-state index contributed by atoms with van der Waals surface area (Å²) < 4.78 is 0. The van der Waals surface area contributed by atoms with Gasteiger partial charge in [-0.3, -0.25) is 4.79 Å². The number of aromatic nitrogens is 1. The van der Waals surface area contributed by atoms with Crippen molar-refractivity contribution in [1.82, 2.24) is 9.88 Å². The van der Waals surface area contributed by atoms with Gasteiger partial charge in [0.25, 0.3) is 0 Å². The Morgan fingerprint density at radius 3 is 3.10 bits per heavy atom. The van der Waals surface area contributed by atoms with Crippen LogP contribution in [0.1, 0.15) is 23.2 Å². The molecule has 1 aliphatic rings. The summed E-state index contributed by atoms with van der Waals surface area (Å²) in [5.74, 6) is 0.313. The van der Waals surface area contributed by atoms with E-state index < -0.39 is 0 Å². The maximum atomic E-state index is 12.4. The fourth-order valence-electron chi connectivity index (χ4n) is 2.70. The summed E-state index contributed by atoms with van der Waals surface area (Å²) in [5.41, 5.74) is 2.61. The Labute approximate surface area is 127 Å². The summed E-state index contributed by atoms with van der Waals surface area (Å²) in [6.07, 6.45) is 3.36. The molecule has 0 radical (unpaired) electrons. The van der Waals surface area contributed by atoms with Crippen molar-refractivity contribution in [3.8, 4) is 6.07 Å². The smallest absolute Gasteiger partial charge is 0.226 e. The molecule has 21 heavy (non-hydrogen) atoms. The lowest BCUT2D eigenvalue weighted by atomic mass is 10.0. The molecule has 0 spiro atoms. The van der Waals surface area contributed by atoms with Crippen molar-refractivity contribution >= 4 is 17.2 Å². The summed E-state index contributed by atoms with van der Waals surface area (Å²) in [5, 5.41) is 13.0. The van der Waals surface area contributed by atoms with Crippen LogP contribution >= 0.6 is 11.3 Å². The van der Waals surface area contributed by atoms with Crippen molar-refractivity contribution in [1.29, 1.82) is 5.26 Å². The molecule has 0 unspecified atom stereocenters. The lowest BCUT2D eigenvalue weighted by Crippen LogP contribution is -2.27. The van der Waals surface area contributed by atoms with Crippen molar-refractivity contribution in [3.63, 3.8) is 0 Å². The number of hydrogen-bond donors (Lipinski definition) is 0. The zero-order valence-electron chi connectivity index (χ0n) is 11.5. The van der Waals surface area contributed by atoms with Crippen molar-refractivity contribution < 1.29 is 4.79 Å². The van der Waals surface area contributed by atoms with Crippen LogP contribution in [-0.2, 0) is 17.8 Å². The van der Waals surface area contributed by atoms with Crippen LogP contribution in [0.3, 0.4) is 0 Å². The Hall–Kier alpha value is -2.19. The highest BCUT2D eigenvalue weighted by molar-refractivity contribution is 7.07. The van der Waals surface area contributed by atoms with Crippen LogP contribution < -0.4 is 0 Å². The van der Waals surface area contributed by atoms with E-state index in [0.29, 0.717) is 12.2 Å². The molecule has 3 rings (SSSR count). The number of likely N-dealkylation sites (tertiary alicyclic amines) is 1. The standard InChI is InChI=1S/C16H15N3OS/c17-9-15-8-12(1-4-18-15)10-19-5-2-14(16(19)20)7-13-3-6-21-11-13/h1,3-4,6,8,11,14H,2,5,7,10H2/t14-/m1/s1.